The number of hydrogen-bond acceptors (Lipinski definition) is 2. The molecule has 0 spiro atoms. The number of piperidine rings is 1. The zero-order chi connectivity index (χ0) is 13.6. The zero-order valence-corrected chi connectivity index (χ0v) is 12.3. The van der Waals surface area contributed by atoms with E-state index in [2.05, 4.69) is 49.1 Å². The Labute approximate surface area is 112 Å². The van der Waals surface area contributed by atoms with Gasteiger partial charge in [-0.25, -0.2) is 0 Å². The Balaban J connectivity index is 0.000000771. The summed E-state index contributed by atoms with van der Waals surface area (Å²) in [6.07, 6.45) is 1.11. The molecule has 18 heavy (non-hydrogen) atoms. The van der Waals surface area contributed by atoms with Crippen molar-refractivity contribution in [1.29, 1.82) is 0 Å². The van der Waals surface area contributed by atoms with Gasteiger partial charge in [0.2, 0.25) is 0 Å². The van der Waals surface area contributed by atoms with Crippen molar-refractivity contribution >= 4 is 0 Å². The van der Waals surface area contributed by atoms with E-state index in [9.17, 15) is 0 Å². The van der Waals surface area contributed by atoms with Gasteiger partial charge in [-0.1, -0.05) is 58.0 Å². The average Bonchev–Trinajstić information content (AvgIpc) is 2.37. The van der Waals surface area contributed by atoms with Crippen LogP contribution in [0.4, 0.5) is 0 Å². The number of benzene rings is 1. The molecule has 1 unspecified atom stereocenters. The molecule has 0 radical (unpaired) electrons. The molecule has 1 aromatic rings. The van der Waals surface area contributed by atoms with Crippen LogP contribution in [0.2, 0.25) is 0 Å². The van der Waals surface area contributed by atoms with Crippen molar-refractivity contribution < 1.29 is 0 Å². The van der Waals surface area contributed by atoms with Gasteiger partial charge < -0.3 is 5.73 Å². The first kappa shape index (κ1) is 15.2. The van der Waals surface area contributed by atoms with Crippen LogP contribution in [0.5, 0.6) is 0 Å². The topological polar surface area (TPSA) is 29.3 Å². The minimum absolute atomic E-state index is 0.243. The van der Waals surface area contributed by atoms with Gasteiger partial charge in [-0.2, -0.15) is 0 Å². The molecule has 1 atom stereocenters. The lowest BCUT2D eigenvalue weighted by molar-refractivity contribution is 0.0899. The summed E-state index contributed by atoms with van der Waals surface area (Å²) in [6, 6.07) is 11.0. The van der Waals surface area contributed by atoms with E-state index >= 15 is 0 Å². The Morgan fingerprint density at radius 3 is 2.39 bits per heavy atom. The third kappa shape index (κ3) is 4.11. The first-order valence-electron chi connectivity index (χ1n) is 7.10. The van der Waals surface area contributed by atoms with Crippen LogP contribution in [0.25, 0.3) is 0 Å². The molecule has 1 fully saturated rings. The van der Waals surface area contributed by atoms with E-state index < -0.39 is 0 Å². The van der Waals surface area contributed by atoms with Gasteiger partial charge in [-0.3, -0.25) is 4.90 Å². The molecule has 2 N–H and O–H groups in total. The highest BCUT2D eigenvalue weighted by atomic mass is 15.1. The quantitative estimate of drug-likeness (QED) is 0.870. The maximum Gasteiger partial charge on any atom is 0.0233 e. The highest BCUT2D eigenvalue weighted by Gasteiger charge is 2.33. The summed E-state index contributed by atoms with van der Waals surface area (Å²) < 4.78 is 0. The minimum Gasteiger partial charge on any atom is -0.327 e. The van der Waals surface area contributed by atoms with Crippen molar-refractivity contribution in [2.45, 2.75) is 46.7 Å². The van der Waals surface area contributed by atoms with Gasteiger partial charge in [-0.05, 0) is 17.4 Å². The van der Waals surface area contributed by atoms with E-state index in [1.54, 1.807) is 0 Å². The Bertz CT molecular complexity index is 332. The predicted molar refractivity (Wildman–Crippen MR) is 79.4 cm³/mol. The summed E-state index contributed by atoms with van der Waals surface area (Å²) in [5, 5.41) is 0. The first-order valence-corrected chi connectivity index (χ1v) is 7.10. The fourth-order valence-electron chi connectivity index (χ4n) is 2.46. The van der Waals surface area contributed by atoms with E-state index in [0.29, 0.717) is 6.04 Å². The van der Waals surface area contributed by atoms with Crippen molar-refractivity contribution in [3.63, 3.8) is 0 Å². The van der Waals surface area contributed by atoms with Crippen LogP contribution in [-0.4, -0.2) is 24.0 Å². The summed E-state index contributed by atoms with van der Waals surface area (Å²) in [5.41, 5.74) is 7.78. The summed E-state index contributed by atoms with van der Waals surface area (Å²) in [4.78, 5) is 2.51. The van der Waals surface area contributed by atoms with Gasteiger partial charge in [0.05, 0.1) is 0 Å². The number of likely N-dealkylation sites (tertiary alicyclic amines) is 1. The SMILES string of the molecule is CC.CC1(C)CN(Cc2ccccc2)CCC1N. The van der Waals surface area contributed by atoms with E-state index in [1.807, 2.05) is 13.8 Å². The van der Waals surface area contributed by atoms with Crippen LogP contribution in [-0.2, 0) is 6.54 Å². The Morgan fingerprint density at radius 1 is 1.22 bits per heavy atom. The van der Waals surface area contributed by atoms with Crippen molar-refractivity contribution in [3.8, 4) is 0 Å². The van der Waals surface area contributed by atoms with Crippen molar-refractivity contribution in [3.05, 3.63) is 35.9 Å². The molecule has 1 aliphatic heterocycles. The minimum atomic E-state index is 0.243. The molecule has 1 heterocycles. The van der Waals surface area contributed by atoms with Gasteiger partial charge in [0.1, 0.15) is 0 Å². The Morgan fingerprint density at radius 2 is 1.83 bits per heavy atom. The molecule has 0 aromatic heterocycles. The van der Waals surface area contributed by atoms with Crippen molar-refractivity contribution in [1.82, 2.24) is 4.90 Å². The molecular formula is C16H28N2. The summed E-state index contributed by atoms with van der Waals surface area (Å²) >= 11 is 0. The third-order valence-electron chi connectivity index (χ3n) is 3.64. The highest BCUT2D eigenvalue weighted by molar-refractivity contribution is 5.14. The van der Waals surface area contributed by atoms with E-state index in [4.69, 9.17) is 5.73 Å². The largest absolute Gasteiger partial charge is 0.327 e. The maximum atomic E-state index is 6.14. The molecule has 1 aliphatic rings. The molecule has 2 rings (SSSR count). The van der Waals surface area contributed by atoms with Gasteiger partial charge in [-0.15, -0.1) is 0 Å². The predicted octanol–water partition coefficient (Wildman–Crippen LogP) is 3.27. The molecule has 0 saturated carbocycles. The molecule has 2 nitrogen and oxygen atoms in total. The zero-order valence-electron chi connectivity index (χ0n) is 12.3. The number of rotatable bonds is 2. The maximum absolute atomic E-state index is 6.14. The van der Waals surface area contributed by atoms with Crippen LogP contribution in [0.3, 0.4) is 0 Å². The lowest BCUT2D eigenvalue weighted by Crippen LogP contribution is -2.52. The first-order chi connectivity index (χ1) is 8.58. The standard InChI is InChI=1S/C14H22N2.C2H6/c1-14(2)11-16(9-8-13(14)15)10-12-6-4-3-5-7-12;1-2/h3-7,13H,8-11,15H2,1-2H3;1-2H3. The number of hydrogen-bond donors (Lipinski definition) is 1. The molecule has 0 amide bonds. The van der Waals surface area contributed by atoms with E-state index in [0.717, 1.165) is 26.1 Å². The molecule has 102 valence electrons. The second-order valence-electron chi connectivity index (χ2n) is 5.58. The normalized spacial score (nSPS) is 23.1. The molecule has 1 saturated heterocycles. The van der Waals surface area contributed by atoms with Crippen molar-refractivity contribution in [2.24, 2.45) is 11.1 Å². The van der Waals surface area contributed by atoms with Gasteiger partial charge in [0.25, 0.3) is 0 Å². The monoisotopic (exact) mass is 248 g/mol. The lowest BCUT2D eigenvalue weighted by atomic mass is 9.79. The summed E-state index contributed by atoms with van der Waals surface area (Å²) in [7, 11) is 0. The van der Waals surface area contributed by atoms with E-state index in [1.165, 1.54) is 5.56 Å². The second kappa shape index (κ2) is 6.91. The fourth-order valence-corrected chi connectivity index (χ4v) is 2.46. The van der Waals surface area contributed by atoms with Crippen LogP contribution in [0, 0.1) is 5.41 Å². The van der Waals surface area contributed by atoms with Crippen LogP contribution in [0.15, 0.2) is 30.3 Å². The summed E-state index contributed by atoms with van der Waals surface area (Å²) in [5.74, 6) is 0. The molecule has 2 heteroatoms. The second-order valence-corrected chi connectivity index (χ2v) is 5.58. The third-order valence-corrected chi connectivity index (χ3v) is 3.64. The van der Waals surface area contributed by atoms with E-state index in [-0.39, 0.29) is 5.41 Å². The molecule has 0 aliphatic carbocycles. The molecule has 0 bridgehead atoms. The fraction of sp³-hybridized carbons (Fsp3) is 0.625. The van der Waals surface area contributed by atoms with Gasteiger partial charge in [0.15, 0.2) is 0 Å². The average molecular weight is 248 g/mol. The van der Waals surface area contributed by atoms with Crippen molar-refractivity contribution in [2.75, 3.05) is 13.1 Å². The number of nitrogens with zero attached hydrogens (tertiary/aromatic N) is 1. The summed E-state index contributed by atoms with van der Waals surface area (Å²) in [6.45, 7) is 11.8. The van der Waals surface area contributed by atoms with Crippen LogP contribution in [0.1, 0.15) is 39.7 Å². The van der Waals surface area contributed by atoms with Crippen LogP contribution >= 0.6 is 0 Å². The van der Waals surface area contributed by atoms with Crippen LogP contribution < -0.4 is 5.73 Å². The van der Waals surface area contributed by atoms with Gasteiger partial charge >= 0.3 is 0 Å². The number of nitrogens with two attached hydrogens (primary N) is 1. The smallest absolute Gasteiger partial charge is 0.0233 e. The van der Waals surface area contributed by atoms with Gasteiger partial charge in [0, 0.05) is 25.7 Å². The molecular weight excluding hydrogens is 220 g/mol. The Kier molecular flexibility index (Phi) is 5.83. The molecule has 1 aromatic carbocycles. The Hall–Kier alpha value is -0.860. The highest BCUT2D eigenvalue weighted by Crippen LogP contribution is 2.28. The lowest BCUT2D eigenvalue weighted by Gasteiger charge is -2.42.